The van der Waals surface area contributed by atoms with Crippen molar-refractivity contribution in [1.29, 1.82) is 0 Å². The van der Waals surface area contributed by atoms with Crippen LogP contribution in [0.3, 0.4) is 0 Å². The van der Waals surface area contributed by atoms with Crippen LogP contribution in [0.1, 0.15) is 12.5 Å². The van der Waals surface area contributed by atoms with Gasteiger partial charge in [-0.05, 0) is 67.6 Å². The van der Waals surface area contributed by atoms with Gasteiger partial charge in [-0.1, -0.05) is 153 Å². The lowest BCUT2D eigenvalue weighted by atomic mass is 9.85. The van der Waals surface area contributed by atoms with Crippen molar-refractivity contribution in [3.63, 3.8) is 0 Å². The van der Waals surface area contributed by atoms with Crippen molar-refractivity contribution in [3.8, 4) is 11.1 Å². The largest absolute Gasteiger partial charge is 0.0911 e. The van der Waals surface area contributed by atoms with E-state index in [4.69, 9.17) is 0 Å². The highest BCUT2D eigenvalue weighted by molar-refractivity contribution is 6.89. The quantitative estimate of drug-likeness (QED) is 0.114. The van der Waals surface area contributed by atoms with E-state index in [0.29, 0.717) is 0 Å². The summed E-state index contributed by atoms with van der Waals surface area (Å²) >= 11 is 0. The smallest absolute Gasteiger partial charge is 0.0776 e. The van der Waals surface area contributed by atoms with Crippen molar-refractivity contribution in [2.45, 2.75) is 46.2 Å². The molecule has 0 saturated carbocycles. The number of rotatable bonds is 6. The van der Waals surface area contributed by atoms with E-state index in [0.717, 1.165) is 5.57 Å². The van der Waals surface area contributed by atoms with Crippen LogP contribution in [0.15, 0.2) is 110 Å². The predicted octanol–water partition coefficient (Wildman–Crippen LogP) is 10.0. The molecule has 0 aliphatic heterocycles. The fourth-order valence-corrected chi connectivity index (χ4v) is 7.85. The molecule has 5 rings (SSSR count). The molecule has 0 N–H and O–H groups in total. The maximum absolute atomic E-state index is 4.60. The Kier molecular flexibility index (Phi) is 7.13. The van der Waals surface area contributed by atoms with Gasteiger partial charge in [-0.15, -0.1) is 0 Å². The van der Waals surface area contributed by atoms with Crippen molar-refractivity contribution in [1.82, 2.24) is 0 Å². The van der Waals surface area contributed by atoms with Crippen molar-refractivity contribution >= 4 is 64.4 Å². The fourth-order valence-electron chi connectivity index (χ4n) is 5.53. The lowest BCUT2D eigenvalue weighted by Gasteiger charge is -2.24. The maximum Gasteiger partial charge on any atom is 0.0776 e. The van der Waals surface area contributed by atoms with Crippen LogP contribution in [0, 0.1) is 0 Å². The van der Waals surface area contributed by atoms with Crippen LogP contribution in [-0.2, 0) is 0 Å². The normalized spacial score (nSPS) is 12.9. The third kappa shape index (κ3) is 5.24. The minimum Gasteiger partial charge on any atom is -0.0911 e. The standard InChI is InChI=1S/C37H40Si2/c1-9-10-11-14-26(2)36-32-21-19-31(39(6,7)8)25-35(32)37(29-18-17-27-15-12-13-16-28(27)23-29)33-22-20-30(24-34(33)36)38(3,4)5/h9-25H,2H2,1,3-8H3/b10-9-,14-11-. The van der Waals surface area contributed by atoms with Crippen molar-refractivity contribution in [3.05, 3.63) is 115 Å². The molecule has 5 aromatic carbocycles. The molecular formula is C37H40Si2. The molecule has 0 fully saturated rings. The minimum absolute atomic E-state index is 1.06. The Hall–Kier alpha value is -3.47. The molecule has 5 aromatic rings. The van der Waals surface area contributed by atoms with Gasteiger partial charge in [-0.25, -0.2) is 0 Å². The summed E-state index contributed by atoms with van der Waals surface area (Å²) in [6.07, 6.45) is 8.41. The zero-order valence-corrected chi connectivity index (χ0v) is 26.5. The number of allylic oxidation sites excluding steroid dienone is 5. The monoisotopic (exact) mass is 540 g/mol. The van der Waals surface area contributed by atoms with E-state index < -0.39 is 16.1 Å². The highest BCUT2D eigenvalue weighted by Gasteiger charge is 2.23. The van der Waals surface area contributed by atoms with Gasteiger partial charge in [0, 0.05) is 0 Å². The predicted molar refractivity (Wildman–Crippen MR) is 183 cm³/mol. The lowest BCUT2D eigenvalue weighted by Crippen LogP contribution is -2.37. The Balaban J connectivity index is 1.97. The molecule has 0 aliphatic carbocycles. The summed E-state index contributed by atoms with van der Waals surface area (Å²) in [5, 5.41) is 10.7. The number of fused-ring (bicyclic) bond motifs is 3. The summed E-state index contributed by atoms with van der Waals surface area (Å²) in [5.41, 5.74) is 4.93. The molecule has 0 spiro atoms. The van der Waals surface area contributed by atoms with E-state index in [1.165, 1.54) is 59.4 Å². The van der Waals surface area contributed by atoms with Gasteiger partial charge < -0.3 is 0 Å². The van der Waals surface area contributed by atoms with Gasteiger partial charge in [0.15, 0.2) is 0 Å². The Bertz CT molecular complexity index is 1790. The first-order valence-electron chi connectivity index (χ1n) is 14.0. The topological polar surface area (TPSA) is 0 Å². The Morgan fingerprint density at radius 1 is 0.615 bits per heavy atom. The zero-order valence-electron chi connectivity index (χ0n) is 24.5. The third-order valence-corrected chi connectivity index (χ3v) is 11.9. The average molecular weight is 541 g/mol. The summed E-state index contributed by atoms with van der Waals surface area (Å²) < 4.78 is 0. The summed E-state index contributed by atoms with van der Waals surface area (Å²) in [5.74, 6) is 0. The second-order valence-corrected chi connectivity index (χ2v) is 22.9. The van der Waals surface area contributed by atoms with Crippen LogP contribution in [0.4, 0.5) is 0 Å². The van der Waals surface area contributed by atoms with Crippen molar-refractivity contribution in [2.24, 2.45) is 0 Å². The second kappa shape index (κ2) is 10.3. The van der Waals surface area contributed by atoms with Gasteiger partial charge in [0.05, 0.1) is 16.1 Å². The number of benzene rings is 5. The van der Waals surface area contributed by atoms with Crippen LogP contribution in [0.2, 0.25) is 39.3 Å². The maximum atomic E-state index is 4.60. The molecule has 0 nitrogen and oxygen atoms in total. The molecule has 0 saturated heterocycles. The van der Waals surface area contributed by atoms with E-state index in [9.17, 15) is 0 Å². The van der Waals surface area contributed by atoms with Crippen molar-refractivity contribution in [2.75, 3.05) is 0 Å². The van der Waals surface area contributed by atoms with E-state index in [1.54, 1.807) is 0 Å². The SMILES string of the molecule is C=C(/C=C\C=C/C)c1c2cc([Si](C)(C)C)ccc2c(-c2ccc3ccccc3c2)c2cc([Si](C)(C)C)ccc12. The Morgan fingerprint density at radius 2 is 1.23 bits per heavy atom. The average Bonchev–Trinajstić information content (AvgIpc) is 2.89. The third-order valence-electron chi connectivity index (χ3n) is 7.81. The molecule has 39 heavy (non-hydrogen) atoms. The highest BCUT2D eigenvalue weighted by atomic mass is 28.3. The van der Waals surface area contributed by atoms with Crippen molar-refractivity contribution < 1.29 is 0 Å². The first kappa shape index (κ1) is 27.1. The van der Waals surface area contributed by atoms with Crippen LogP contribution in [-0.4, -0.2) is 16.1 Å². The molecule has 0 unspecified atom stereocenters. The molecule has 196 valence electrons. The molecular weight excluding hydrogens is 501 g/mol. The first-order chi connectivity index (χ1) is 18.5. The Labute approximate surface area is 236 Å². The molecule has 0 heterocycles. The molecule has 0 aliphatic rings. The molecule has 0 bridgehead atoms. The van der Waals surface area contributed by atoms with E-state index in [1.807, 2.05) is 0 Å². The van der Waals surface area contributed by atoms with Gasteiger partial charge in [0.1, 0.15) is 0 Å². The van der Waals surface area contributed by atoms with Crippen LogP contribution < -0.4 is 10.4 Å². The van der Waals surface area contributed by atoms with Crippen LogP contribution >= 0.6 is 0 Å². The van der Waals surface area contributed by atoms with Gasteiger partial charge in [0.25, 0.3) is 0 Å². The summed E-state index contributed by atoms with van der Waals surface area (Å²) in [4.78, 5) is 0. The molecule has 0 aromatic heterocycles. The molecule has 0 radical (unpaired) electrons. The van der Waals surface area contributed by atoms with E-state index >= 15 is 0 Å². The zero-order chi connectivity index (χ0) is 27.9. The minimum atomic E-state index is -1.53. The lowest BCUT2D eigenvalue weighted by molar-refractivity contribution is 1.66. The first-order valence-corrected chi connectivity index (χ1v) is 21.0. The van der Waals surface area contributed by atoms with Gasteiger partial charge in [-0.2, -0.15) is 0 Å². The summed E-state index contributed by atoms with van der Waals surface area (Å²) in [6, 6.07) is 30.1. The van der Waals surface area contributed by atoms with Gasteiger partial charge in [-0.3, -0.25) is 0 Å². The number of hydrogen-bond donors (Lipinski definition) is 0. The van der Waals surface area contributed by atoms with Gasteiger partial charge in [0.2, 0.25) is 0 Å². The van der Waals surface area contributed by atoms with Gasteiger partial charge >= 0.3 is 0 Å². The summed E-state index contributed by atoms with van der Waals surface area (Å²) in [6.45, 7) is 21.3. The molecule has 2 heteroatoms. The van der Waals surface area contributed by atoms with E-state index in [-0.39, 0.29) is 0 Å². The summed E-state index contributed by atoms with van der Waals surface area (Å²) in [7, 11) is -3.06. The number of hydrogen-bond acceptors (Lipinski definition) is 0. The Morgan fingerprint density at radius 3 is 1.87 bits per heavy atom. The second-order valence-electron chi connectivity index (χ2n) is 12.7. The highest BCUT2D eigenvalue weighted by Crippen LogP contribution is 2.42. The van der Waals surface area contributed by atoms with E-state index in [2.05, 4.69) is 156 Å². The van der Waals surface area contributed by atoms with Crippen LogP contribution in [0.25, 0.3) is 49.0 Å². The van der Waals surface area contributed by atoms with Crippen LogP contribution in [0.5, 0.6) is 0 Å². The molecule has 0 atom stereocenters. The molecule has 0 amide bonds. The fraction of sp³-hybridized carbons (Fsp3) is 0.189.